The minimum absolute atomic E-state index is 0.0438. The number of phenolic OH excluding ortho intramolecular Hbond substituents is 1. The number of anilines is 1. The standard InChI is InChI=1S/C29H24ClFN2O4/c1-3-17-4-14-24-27(35)33(32-21-11-9-20(31)10-12-21)28(36)29(24,18-5-7-19(30)8-6-18)26(17)23-16-22(37-2)13-15-25(23)34/h3-13,15-16,24,26,32,34H,1,14H2,2H3/t24-,26+,29+/m0/s1. The Morgan fingerprint density at radius 3 is 2.49 bits per heavy atom. The van der Waals surface area contributed by atoms with Crippen LogP contribution in [0.5, 0.6) is 11.5 Å². The van der Waals surface area contributed by atoms with Crippen molar-refractivity contribution in [3.63, 3.8) is 0 Å². The van der Waals surface area contributed by atoms with Crippen LogP contribution in [0.4, 0.5) is 10.1 Å². The number of aromatic hydroxyl groups is 1. The van der Waals surface area contributed by atoms with E-state index in [9.17, 15) is 19.1 Å². The Kier molecular flexibility index (Phi) is 6.25. The van der Waals surface area contributed by atoms with Crippen molar-refractivity contribution in [1.29, 1.82) is 0 Å². The van der Waals surface area contributed by atoms with Crippen LogP contribution in [0, 0.1) is 11.7 Å². The zero-order valence-corrected chi connectivity index (χ0v) is 20.7. The predicted molar refractivity (Wildman–Crippen MR) is 139 cm³/mol. The van der Waals surface area contributed by atoms with Crippen LogP contribution in [0.1, 0.15) is 23.5 Å². The molecule has 37 heavy (non-hydrogen) atoms. The zero-order valence-electron chi connectivity index (χ0n) is 19.9. The number of nitrogens with zero attached hydrogens (tertiary/aromatic N) is 1. The molecular weight excluding hydrogens is 495 g/mol. The Balaban J connectivity index is 1.75. The lowest BCUT2D eigenvalue weighted by atomic mass is 9.56. The summed E-state index contributed by atoms with van der Waals surface area (Å²) in [5, 5.41) is 12.5. The van der Waals surface area contributed by atoms with Crippen molar-refractivity contribution < 1.29 is 23.8 Å². The van der Waals surface area contributed by atoms with Crippen LogP contribution in [0.25, 0.3) is 0 Å². The fourth-order valence-corrected chi connectivity index (χ4v) is 5.65. The molecule has 3 atom stereocenters. The van der Waals surface area contributed by atoms with Gasteiger partial charge >= 0.3 is 0 Å². The molecule has 0 aromatic heterocycles. The highest BCUT2D eigenvalue weighted by atomic mass is 35.5. The van der Waals surface area contributed by atoms with E-state index in [1.807, 2.05) is 6.08 Å². The SMILES string of the molecule is C=CC1=CC[C@H]2C(=O)N(Nc3ccc(F)cc3)C(=O)[C@@]2(c2ccc(Cl)cc2)[C@H]1c1cc(OC)ccc1O. The molecule has 0 unspecified atom stereocenters. The number of benzene rings is 3. The highest BCUT2D eigenvalue weighted by molar-refractivity contribution is 6.30. The summed E-state index contributed by atoms with van der Waals surface area (Å²) in [7, 11) is 1.51. The number of hydrogen-bond acceptors (Lipinski definition) is 5. The van der Waals surface area contributed by atoms with Gasteiger partial charge in [0.05, 0.1) is 24.1 Å². The number of hydrogen-bond donors (Lipinski definition) is 2. The largest absolute Gasteiger partial charge is 0.508 e. The van der Waals surface area contributed by atoms with Gasteiger partial charge in [0.25, 0.3) is 11.8 Å². The number of carbonyl (C=O) groups is 2. The molecule has 1 fully saturated rings. The summed E-state index contributed by atoms with van der Waals surface area (Å²) in [4.78, 5) is 28.3. The van der Waals surface area contributed by atoms with E-state index in [2.05, 4.69) is 12.0 Å². The first kappa shape index (κ1) is 24.6. The number of methoxy groups -OCH3 is 1. The van der Waals surface area contributed by atoms with E-state index in [1.165, 1.54) is 37.4 Å². The summed E-state index contributed by atoms with van der Waals surface area (Å²) in [5.74, 6) is -2.50. The Morgan fingerprint density at radius 1 is 1.14 bits per heavy atom. The summed E-state index contributed by atoms with van der Waals surface area (Å²) < 4.78 is 18.9. The van der Waals surface area contributed by atoms with Gasteiger partial charge in [0, 0.05) is 16.5 Å². The monoisotopic (exact) mass is 518 g/mol. The van der Waals surface area contributed by atoms with Gasteiger partial charge in [-0.25, -0.2) is 4.39 Å². The van der Waals surface area contributed by atoms with Crippen LogP contribution in [0.15, 0.2) is 91.0 Å². The first-order chi connectivity index (χ1) is 17.8. The van der Waals surface area contributed by atoms with E-state index < -0.39 is 34.9 Å². The minimum Gasteiger partial charge on any atom is -0.508 e. The molecule has 8 heteroatoms. The number of halogens is 2. The number of imide groups is 1. The molecule has 1 aliphatic heterocycles. The third-order valence-corrected chi connectivity index (χ3v) is 7.44. The number of nitrogens with one attached hydrogen (secondary N) is 1. The van der Waals surface area contributed by atoms with Gasteiger partial charge in [-0.2, -0.15) is 5.01 Å². The van der Waals surface area contributed by atoms with Crippen LogP contribution in [0.3, 0.4) is 0 Å². The molecule has 0 bridgehead atoms. The fourth-order valence-electron chi connectivity index (χ4n) is 5.52. The van der Waals surface area contributed by atoms with Crippen LogP contribution in [-0.2, 0) is 15.0 Å². The summed E-state index contributed by atoms with van der Waals surface area (Å²) in [6, 6.07) is 17.0. The van der Waals surface area contributed by atoms with Gasteiger partial charge in [-0.3, -0.25) is 15.0 Å². The number of ether oxygens (including phenoxy) is 1. The third-order valence-electron chi connectivity index (χ3n) is 7.19. The average molecular weight is 519 g/mol. The van der Waals surface area contributed by atoms with Gasteiger partial charge in [0.15, 0.2) is 0 Å². The second kappa shape index (κ2) is 9.41. The van der Waals surface area contributed by atoms with Crippen molar-refractivity contribution in [1.82, 2.24) is 5.01 Å². The van der Waals surface area contributed by atoms with Gasteiger partial charge in [-0.05, 0) is 72.2 Å². The average Bonchev–Trinajstić information content (AvgIpc) is 3.12. The molecule has 2 amide bonds. The molecule has 1 heterocycles. The number of allylic oxidation sites excluding steroid dienone is 3. The number of carbonyl (C=O) groups excluding carboxylic acids is 2. The highest BCUT2D eigenvalue weighted by Crippen LogP contribution is 2.59. The fraction of sp³-hybridized carbons (Fsp3) is 0.172. The number of amides is 2. The zero-order chi connectivity index (χ0) is 26.3. The lowest BCUT2D eigenvalue weighted by Gasteiger charge is -2.43. The minimum atomic E-state index is -1.43. The van der Waals surface area contributed by atoms with Crippen LogP contribution in [0.2, 0.25) is 5.02 Å². The molecule has 1 saturated heterocycles. The second-order valence-corrected chi connectivity index (χ2v) is 9.46. The van der Waals surface area contributed by atoms with Crippen molar-refractivity contribution in [2.45, 2.75) is 17.8 Å². The molecule has 6 nitrogen and oxygen atoms in total. The van der Waals surface area contributed by atoms with Crippen molar-refractivity contribution in [2.24, 2.45) is 5.92 Å². The van der Waals surface area contributed by atoms with Gasteiger partial charge in [-0.1, -0.05) is 42.5 Å². The number of rotatable bonds is 6. The maximum atomic E-state index is 14.5. The lowest BCUT2D eigenvalue weighted by Crippen LogP contribution is -2.48. The lowest BCUT2D eigenvalue weighted by molar-refractivity contribution is -0.138. The first-order valence-corrected chi connectivity index (χ1v) is 12.0. The summed E-state index contributed by atoms with van der Waals surface area (Å²) in [6.07, 6.45) is 3.80. The molecule has 1 aliphatic carbocycles. The van der Waals surface area contributed by atoms with Gasteiger partial charge in [-0.15, -0.1) is 0 Å². The number of fused-ring (bicyclic) bond motifs is 1. The Morgan fingerprint density at radius 2 is 1.84 bits per heavy atom. The Labute approximate surface area is 218 Å². The summed E-state index contributed by atoms with van der Waals surface area (Å²) >= 11 is 6.19. The Bertz CT molecular complexity index is 1420. The van der Waals surface area contributed by atoms with Crippen molar-refractivity contribution in [3.8, 4) is 11.5 Å². The van der Waals surface area contributed by atoms with Crippen molar-refractivity contribution in [2.75, 3.05) is 12.5 Å². The number of hydrazine groups is 1. The van der Waals surface area contributed by atoms with Crippen LogP contribution < -0.4 is 10.2 Å². The molecule has 3 aromatic carbocycles. The Hall–Kier alpha value is -4.10. The maximum Gasteiger partial charge on any atom is 0.260 e. The number of phenols is 1. The second-order valence-electron chi connectivity index (χ2n) is 9.03. The maximum absolute atomic E-state index is 14.5. The molecule has 0 spiro atoms. The van der Waals surface area contributed by atoms with Crippen molar-refractivity contribution >= 4 is 29.1 Å². The molecule has 188 valence electrons. The highest BCUT2D eigenvalue weighted by Gasteiger charge is 2.66. The molecule has 0 saturated carbocycles. The molecular formula is C29H24ClFN2O4. The van der Waals surface area contributed by atoms with Gasteiger partial charge < -0.3 is 9.84 Å². The van der Waals surface area contributed by atoms with Crippen LogP contribution >= 0.6 is 11.6 Å². The van der Waals surface area contributed by atoms with Crippen molar-refractivity contribution in [3.05, 3.63) is 113 Å². The van der Waals surface area contributed by atoms with E-state index in [0.29, 0.717) is 33.2 Å². The topological polar surface area (TPSA) is 78.9 Å². The van der Waals surface area contributed by atoms with E-state index in [1.54, 1.807) is 42.5 Å². The summed E-state index contributed by atoms with van der Waals surface area (Å²) in [6.45, 7) is 3.96. The molecule has 5 rings (SSSR count). The van der Waals surface area contributed by atoms with Crippen LogP contribution in [-0.4, -0.2) is 29.0 Å². The molecule has 2 N–H and O–H groups in total. The molecule has 2 aliphatic rings. The molecule has 0 radical (unpaired) electrons. The molecule has 3 aromatic rings. The van der Waals surface area contributed by atoms with E-state index in [-0.39, 0.29) is 12.2 Å². The quantitative estimate of drug-likeness (QED) is 0.407. The van der Waals surface area contributed by atoms with E-state index in [0.717, 1.165) is 5.01 Å². The normalized spacial score (nSPS) is 22.9. The first-order valence-electron chi connectivity index (χ1n) is 11.7. The van der Waals surface area contributed by atoms with E-state index in [4.69, 9.17) is 16.3 Å². The van der Waals surface area contributed by atoms with Gasteiger partial charge in [0.2, 0.25) is 0 Å². The smallest absolute Gasteiger partial charge is 0.260 e. The van der Waals surface area contributed by atoms with Gasteiger partial charge in [0.1, 0.15) is 17.3 Å². The third kappa shape index (κ3) is 3.86. The summed E-state index contributed by atoms with van der Waals surface area (Å²) in [5.41, 5.74) is 3.52. The predicted octanol–water partition coefficient (Wildman–Crippen LogP) is 5.74. The van der Waals surface area contributed by atoms with E-state index >= 15 is 0 Å².